The van der Waals surface area contributed by atoms with Crippen LogP contribution in [0.5, 0.6) is 0 Å². The third kappa shape index (κ3) is 2.87. The van der Waals surface area contributed by atoms with Crippen LogP contribution < -0.4 is 10.6 Å². The van der Waals surface area contributed by atoms with Crippen molar-refractivity contribution in [2.45, 2.75) is 19.0 Å². The average Bonchev–Trinajstić information content (AvgIpc) is 3.17. The van der Waals surface area contributed by atoms with Gasteiger partial charge in [0.2, 0.25) is 11.9 Å². The summed E-state index contributed by atoms with van der Waals surface area (Å²) in [6, 6.07) is 3.19. The predicted octanol–water partition coefficient (Wildman–Crippen LogP) is 2.72. The first-order valence-electron chi connectivity index (χ1n) is 6.48. The van der Waals surface area contributed by atoms with Crippen molar-refractivity contribution in [1.29, 1.82) is 5.41 Å². The quantitative estimate of drug-likeness (QED) is 0.587. The minimum absolute atomic E-state index is 0.0126. The Bertz CT molecular complexity index is 749. The third-order valence-electron chi connectivity index (χ3n) is 3.15. The fourth-order valence-corrected chi connectivity index (χ4v) is 1.93. The van der Waals surface area contributed by atoms with Gasteiger partial charge in [0.15, 0.2) is 5.58 Å². The molecular formula is C13H11F3N4O2. The van der Waals surface area contributed by atoms with E-state index in [2.05, 4.69) is 15.6 Å². The van der Waals surface area contributed by atoms with Crippen LogP contribution >= 0.6 is 0 Å². The fraction of sp³-hybridized carbons (Fsp3) is 0.308. The number of rotatable bonds is 2. The van der Waals surface area contributed by atoms with Crippen LogP contribution in [0.2, 0.25) is 0 Å². The zero-order valence-corrected chi connectivity index (χ0v) is 11.1. The molecule has 1 amide bonds. The summed E-state index contributed by atoms with van der Waals surface area (Å²) >= 11 is 0. The van der Waals surface area contributed by atoms with Gasteiger partial charge in [0.1, 0.15) is 11.1 Å². The summed E-state index contributed by atoms with van der Waals surface area (Å²) in [4.78, 5) is 15.3. The molecule has 0 radical (unpaired) electrons. The van der Waals surface area contributed by atoms with Crippen LogP contribution in [0.4, 0.5) is 19.2 Å². The molecule has 9 heteroatoms. The molecule has 0 unspecified atom stereocenters. The number of alkyl halides is 3. The Morgan fingerprint density at radius 2 is 2.09 bits per heavy atom. The maximum absolute atomic E-state index is 12.8. The second-order valence-corrected chi connectivity index (χ2v) is 4.93. The molecule has 0 saturated heterocycles. The van der Waals surface area contributed by atoms with E-state index in [0.717, 1.165) is 18.9 Å². The molecule has 1 aliphatic rings. The van der Waals surface area contributed by atoms with Crippen molar-refractivity contribution in [1.82, 2.24) is 10.3 Å². The second-order valence-electron chi connectivity index (χ2n) is 4.93. The van der Waals surface area contributed by atoms with E-state index in [1.165, 1.54) is 12.1 Å². The number of fused-ring (bicyclic) bond motifs is 1. The molecule has 6 nitrogen and oxygen atoms in total. The van der Waals surface area contributed by atoms with Gasteiger partial charge in [0, 0.05) is 5.92 Å². The van der Waals surface area contributed by atoms with E-state index in [4.69, 9.17) is 9.83 Å². The zero-order chi connectivity index (χ0) is 15.9. The van der Waals surface area contributed by atoms with Crippen LogP contribution in [0.15, 0.2) is 22.6 Å². The Labute approximate surface area is 122 Å². The molecule has 1 aliphatic carbocycles. The smallest absolute Gasteiger partial charge is 0.420 e. The minimum Gasteiger partial charge on any atom is -0.423 e. The normalized spacial score (nSPS) is 14.9. The maximum Gasteiger partial charge on any atom is 0.420 e. The van der Waals surface area contributed by atoms with Gasteiger partial charge >= 0.3 is 12.2 Å². The highest BCUT2D eigenvalue weighted by atomic mass is 19.4. The predicted molar refractivity (Wildman–Crippen MR) is 71.2 cm³/mol. The molecule has 3 rings (SSSR count). The number of para-hydroxylation sites is 1. The molecule has 2 aromatic rings. The Kier molecular flexibility index (Phi) is 3.27. The summed E-state index contributed by atoms with van der Waals surface area (Å²) < 4.78 is 43.6. The number of hydrogen-bond donors (Lipinski definition) is 3. The number of guanidine groups is 1. The molecule has 1 aromatic carbocycles. The first-order chi connectivity index (χ1) is 10.3. The van der Waals surface area contributed by atoms with Gasteiger partial charge in [-0.2, -0.15) is 18.2 Å². The Morgan fingerprint density at radius 3 is 2.73 bits per heavy atom. The summed E-state index contributed by atoms with van der Waals surface area (Å²) in [6.45, 7) is 0. The summed E-state index contributed by atoms with van der Waals surface area (Å²) in [5, 5.41) is 12.2. The van der Waals surface area contributed by atoms with Gasteiger partial charge < -0.3 is 4.42 Å². The number of carbonyl (C=O) groups excluding carboxylic acids is 1. The van der Waals surface area contributed by atoms with Crippen molar-refractivity contribution >= 4 is 29.0 Å². The van der Waals surface area contributed by atoms with E-state index < -0.39 is 23.3 Å². The van der Waals surface area contributed by atoms with E-state index in [1.54, 1.807) is 0 Å². The number of benzene rings is 1. The lowest BCUT2D eigenvalue weighted by Gasteiger charge is -2.06. The molecule has 116 valence electrons. The number of carbonyl (C=O) groups is 1. The molecular weight excluding hydrogens is 301 g/mol. The molecule has 1 saturated carbocycles. The number of aromatic nitrogens is 1. The topological polar surface area (TPSA) is 91.0 Å². The highest BCUT2D eigenvalue weighted by Gasteiger charge is 2.35. The summed E-state index contributed by atoms with van der Waals surface area (Å²) in [7, 11) is 0. The minimum atomic E-state index is -4.57. The van der Waals surface area contributed by atoms with Gasteiger partial charge in [-0.25, -0.2) is 0 Å². The number of anilines is 1. The van der Waals surface area contributed by atoms with Crippen LogP contribution in [-0.2, 0) is 11.0 Å². The van der Waals surface area contributed by atoms with Gasteiger partial charge in [-0.3, -0.25) is 20.8 Å². The standard InChI is InChI=1S/C13H11F3N4O2/c14-13(15,16)7-2-1-3-8-9(7)22-12(18-8)20-11(17)19-10(21)6-4-5-6/h1-3,6H,4-5H2,(H3,17,18,19,20,21). The van der Waals surface area contributed by atoms with E-state index in [1.807, 2.05) is 0 Å². The second kappa shape index (κ2) is 5.00. The maximum atomic E-state index is 12.8. The van der Waals surface area contributed by atoms with E-state index in [-0.39, 0.29) is 23.4 Å². The molecule has 1 aromatic heterocycles. The summed E-state index contributed by atoms with van der Waals surface area (Å²) in [5.41, 5.74) is -1.35. The number of halogens is 3. The first kappa shape index (κ1) is 14.4. The van der Waals surface area contributed by atoms with Gasteiger partial charge in [-0.1, -0.05) is 6.07 Å². The third-order valence-corrected chi connectivity index (χ3v) is 3.15. The van der Waals surface area contributed by atoms with Gasteiger partial charge in [-0.15, -0.1) is 0 Å². The van der Waals surface area contributed by atoms with E-state index >= 15 is 0 Å². The average molecular weight is 312 g/mol. The van der Waals surface area contributed by atoms with Crippen molar-refractivity contribution in [3.05, 3.63) is 23.8 Å². The van der Waals surface area contributed by atoms with Crippen molar-refractivity contribution in [2.75, 3.05) is 5.32 Å². The van der Waals surface area contributed by atoms with E-state index in [0.29, 0.717) is 0 Å². The van der Waals surface area contributed by atoms with Crippen LogP contribution in [0.25, 0.3) is 11.1 Å². The molecule has 0 spiro atoms. The molecule has 0 bridgehead atoms. The monoisotopic (exact) mass is 312 g/mol. The Morgan fingerprint density at radius 1 is 1.36 bits per heavy atom. The Hall–Kier alpha value is -2.58. The van der Waals surface area contributed by atoms with Crippen molar-refractivity contribution in [3.8, 4) is 0 Å². The number of hydrogen-bond acceptors (Lipinski definition) is 4. The number of nitrogens with zero attached hydrogens (tertiary/aromatic N) is 1. The SMILES string of the molecule is N=C(NC(=O)C1CC1)Nc1nc2cccc(C(F)(F)F)c2o1. The number of amides is 1. The largest absolute Gasteiger partial charge is 0.423 e. The van der Waals surface area contributed by atoms with Crippen molar-refractivity contribution in [3.63, 3.8) is 0 Å². The zero-order valence-electron chi connectivity index (χ0n) is 11.1. The van der Waals surface area contributed by atoms with E-state index in [9.17, 15) is 18.0 Å². The van der Waals surface area contributed by atoms with Crippen LogP contribution in [0.1, 0.15) is 18.4 Å². The number of oxazole rings is 1. The van der Waals surface area contributed by atoms with Crippen molar-refractivity contribution in [2.24, 2.45) is 5.92 Å². The van der Waals surface area contributed by atoms with Gasteiger partial charge in [0.05, 0.1) is 0 Å². The molecule has 0 aliphatic heterocycles. The fourth-order valence-electron chi connectivity index (χ4n) is 1.93. The lowest BCUT2D eigenvalue weighted by atomic mass is 10.2. The molecule has 0 atom stereocenters. The lowest BCUT2D eigenvalue weighted by molar-refractivity contribution is -0.136. The van der Waals surface area contributed by atoms with Crippen LogP contribution in [0.3, 0.4) is 0 Å². The number of nitrogens with one attached hydrogen (secondary N) is 3. The molecule has 1 heterocycles. The highest BCUT2D eigenvalue weighted by Crippen LogP contribution is 2.35. The lowest BCUT2D eigenvalue weighted by Crippen LogP contribution is -2.36. The van der Waals surface area contributed by atoms with Crippen molar-refractivity contribution < 1.29 is 22.4 Å². The molecule has 1 fully saturated rings. The van der Waals surface area contributed by atoms with Gasteiger partial charge in [-0.05, 0) is 25.0 Å². The molecule has 3 N–H and O–H groups in total. The van der Waals surface area contributed by atoms with Gasteiger partial charge in [0.25, 0.3) is 0 Å². The highest BCUT2D eigenvalue weighted by molar-refractivity contribution is 6.03. The van der Waals surface area contributed by atoms with Crippen LogP contribution in [-0.4, -0.2) is 16.9 Å². The Balaban J connectivity index is 1.80. The van der Waals surface area contributed by atoms with Crippen LogP contribution in [0, 0.1) is 11.3 Å². The first-order valence-corrected chi connectivity index (χ1v) is 6.48. The summed E-state index contributed by atoms with van der Waals surface area (Å²) in [5.74, 6) is -0.788. The molecule has 22 heavy (non-hydrogen) atoms. The summed E-state index contributed by atoms with van der Waals surface area (Å²) in [6.07, 6.45) is -3.02.